The third kappa shape index (κ3) is 3.10. The number of nitrogens with zero attached hydrogens (tertiary/aromatic N) is 2. The third-order valence-electron chi connectivity index (χ3n) is 4.03. The molecule has 0 radical (unpaired) electrons. The van der Waals surface area contributed by atoms with Gasteiger partial charge in [-0.15, -0.1) is 0 Å². The molecule has 0 aliphatic carbocycles. The summed E-state index contributed by atoms with van der Waals surface area (Å²) < 4.78 is 3.88. The molecule has 1 aromatic heterocycles. The van der Waals surface area contributed by atoms with Crippen LogP contribution in [0.25, 0.3) is 11.8 Å². The van der Waals surface area contributed by atoms with Gasteiger partial charge < -0.3 is 4.57 Å². The van der Waals surface area contributed by atoms with Gasteiger partial charge in [-0.25, -0.2) is 0 Å². The summed E-state index contributed by atoms with van der Waals surface area (Å²) in [6, 6.07) is 10.3. The van der Waals surface area contributed by atoms with Gasteiger partial charge in [0.15, 0.2) is 0 Å². The van der Waals surface area contributed by atoms with Gasteiger partial charge >= 0.3 is 0 Å². The van der Waals surface area contributed by atoms with E-state index in [1.54, 1.807) is 4.90 Å². The van der Waals surface area contributed by atoms with Gasteiger partial charge in [0.1, 0.15) is 4.32 Å². The lowest BCUT2D eigenvalue weighted by Gasteiger charge is -2.10. The van der Waals surface area contributed by atoms with E-state index in [2.05, 4.69) is 52.5 Å². The van der Waals surface area contributed by atoms with Crippen LogP contribution in [0.3, 0.4) is 0 Å². The van der Waals surface area contributed by atoms with Gasteiger partial charge in [0, 0.05) is 28.1 Å². The van der Waals surface area contributed by atoms with Crippen LogP contribution in [0.1, 0.15) is 23.9 Å². The molecule has 1 aliphatic rings. The number of amides is 1. The van der Waals surface area contributed by atoms with Crippen LogP contribution >= 0.6 is 39.9 Å². The van der Waals surface area contributed by atoms with E-state index in [0.717, 1.165) is 27.1 Å². The highest BCUT2D eigenvalue weighted by Gasteiger charge is 2.30. The molecule has 3 rings (SSSR count). The largest absolute Gasteiger partial charge is 0.318 e. The molecule has 1 amide bonds. The summed E-state index contributed by atoms with van der Waals surface area (Å²) in [6.45, 7) is 6.69. The molecule has 0 atom stereocenters. The number of hydrogen-bond acceptors (Lipinski definition) is 3. The Labute approximate surface area is 159 Å². The number of benzene rings is 1. The molecule has 3 nitrogen and oxygen atoms in total. The van der Waals surface area contributed by atoms with Crippen LogP contribution < -0.4 is 0 Å². The summed E-state index contributed by atoms with van der Waals surface area (Å²) in [7, 11) is 0. The number of thiocarbonyl (C=S) groups is 1. The molecule has 2 aromatic rings. The number of aromatic nitrogens is 1. The van der Waals surface area contributed by atoms with Crippen molar-refractivity contribution in [1.82, 2.24) is 9.47 Å². The lowest BCUT2D eigenvalue weighted by Crippen LogP contribution is -2.27. The van der Waals surface area contributed by atoms with Gasteiger partial charge in [0.05, 0.1) is 4.91 Å². The fraction of sp³-hybridized carbons (Fsp3) is 0.222. The van der Waals surface area contributed by atoms with E-state index >= 15 is 0 Å². The monoisotopic (exact) mass is 420 g/mol. The normalized spacial score (nSPS) is 16.5. The highest BCUT2D eigenvalue weighted by molar-refractivity contribution is 9.10. The minimum absolute atomic E-state index is 0.000875. The zero-order valence-corrected chi connectivity index (χ0v) is 16.9. The van der Waals surface area contributed by atoms with Gasteiger partial charge in [0.25, 0.3) is 5.91 Å². The van der Waals surface area contributed by atoms with Crippen molar-refractivity contribution in [3.8, 4) is 5.69 Å². The van der Waals surface area contributed by atoms with Gasteiger partial charge in [-0.1, -0.05) is 39.9 Å². The van der Waals surface area contributed by atoms with Crippen molar-refractivity contribution in [1.29, 1.82) is 0 Å². The fourth-order valence-electron chi connectivity index (χ4n) is 2.84. The molecule has 2 heterocycles. The Morgan fingerprint density at radius 3 is 2.50 bits per heavy atom. The first-order valence-electron chi connectivity index (χ1n) is 7.62. The standard InChI is InChI=1S/C18H17BrN2OS2/c1-4-20-17(22)16(24-18(20)23)10-13-9-11(2)21(12(13)3)15-7-5-14(19)6-8-15/h5-10H,4H2,1-3H3. The fourth-order valence-corrected chi connectivity index (χ4v) is 4.47. The van der Waals surface area contributed by atoms with Crippen LogP contribution in [0.5, 0.6) is 0 Å². The summed E-state index contributed by atoms with van der Waals surface area (Å²) >= 11 is 10.1. The van der Waals surface area contributed by atoms with Gasteiger partial charge in [0.2, 0.25) is 0 Å². The zero-order chi connectivity index (χ0) is 17.4. The first-order chi connectivity index (χ1) is 11.4. The summed E-state index contributed by atoms with van der Waals surface area (Å²) in [5.41, 5.74) is 4.39. The Morgan fingerprint density at radius 2 is 1.92 bits per heavy atom. The van der Waals surface area contributed by atoms with Crippen LogP contribution in [-0.2, 0) is 4.79 Å². The van der Waals surface area contributed by atoms with Crippen molar-refractivity contribution in [3.05, 3.63) is 56.7 Å². The molecule has 1 fully saturated rings. The molecular weight excluding hydrogens is 404 g/mol. The lowest BCUT2D eigenvalue weighted by atomic mass is 10.2. The topological polar surface area (TPSA) is 25.2 Å². The Kier molecular flexibility index (Phi) is 4.99. The average Bonchev–Trinajstić information content (AvgIpc) is 2.97. The predicted octanol–water partition coefficient (Wildman–Crippen LogP) is 5.08. The molecule has 124 valence electrons. The summed E-state index contributed by atoms with van der Waals surface area (Å²) in [6.07, 6.45) is 1.95. The van der Waals surface area contributed by atoms with Crippen molar-refractivity contribution in [2.45, 2.75) is 20.8 Å². The number of halogens is 1. The van der Waals surface area contributed by atoms with E-state index in [4.69, 9.17) is 12.2 Å². The van der Waals surface area contributed by atoms with Crippen molar-refractivity contribution >= 4 is 56.2 Å². The van der Waals surface area contributed by atoms with E-state index in [-0.39, 0.29) is 5.91 Å². The smallest absolute Gasteiger partial charge is 0.266 e. The van der Waals surface area contributed by atoms with Crippen LogP contribution in [0.2, 0.25) is 0 Å². The second-order valence-electron chi connectivity index (χ2n) is 5.56. The van der Waals surface area contributed by atoms with Crippen LogP contribution in [0, 0.1) is 13.8 Å². The molecule has 24 heavy (non-hydrogen) atoms. The Morgan fingerprint density at radius 1 is 1.25 bits per heavy atom. The SMILES string of the molecule is CCN1C(=O)C(=Cc2cc(C)n(-c3ccc(Br)cc3)c2C)SC1=S. The summed E-state index contributed by atoms with van der Waals surface area (Å²) in [5, 5.41) is 0. The molecule has 0 saturated carbocycles. The Balaban J connectivity index is 2.01. The second kappa shape index (κ2) is 6.86. The van der Waals surface area contributed by atoms with Crippen molar-refractivity contribution in [2.75, 3.05) is 6.54 Å². The molecule has 0 unspecified atom stereocenters. The first kappa shape index (κ1) is 17.5. The lowest BCUT2D eigenvalue weighted by molar-refractivity contribution is -0.121. The number of carbonyl (C=O) groups excluding carboxylic acids is 1. The van der Waals surface area contributed by atoms with Crippen LogP contribution in [0.15, 0.2) is 39.7 Å². The molecule has 0 bridgehead atoms. The van der Waals surface area contributed by atoms with E-state index in [0.29, 0.717) is 15.8 Å². The molecule has 1 saturated heterocycles. The molecular formula is C18H17BrN2OS2. The number of likely N-dealkylation sites (N-methyl/N-ethyl adjacent to an activating group) is 1. The number of thioether (sulfide) groups is 1. The number of aryl methyl sites for hydroxylation is 1. The maximum Gasteiger partial charge on any atom is 0.266 e. The molecule has 0 spiro atoms. The quantitative estimate of drug-likeness (QED) is 0.511. The van der Waals surface area contributed by atoms with E-state index in [9.17, 15) is 4.79 Å². The first-order valence-corrected chi connectivity index (χ1v) is 9.64. The summed E-state index contributed by atoms with van der Waals surface area (Å²) in [4.78, 5) is 14.7. The Hall–Kier alpha value is -1.37. The second-order valence-corrected chi connectivity index (χ2v) is 8.16. The van der Waals surface area contributed by atoms with Crippen molar-refractivity contribution < 1.29 is 4.79 Å². The number of carbonyl (C=O) groups is 1. The number of hydrogen-bond donors (Lipinski definition) is 0. The van der Waals surface area contributed by atoms with E-state index < -0.39 is 0 Å². The Bertz CT molecular complexity index is 853. The zero-order valence-electron chi connectivity index (χ0n) is 13.7. The molecule has 6 heteroatoms. The van der Waals surface area contributed by atoms with E-state index in [1.165, 1.54) is 11.8 Å². The van der Waals surface area contributed by atoms with Crippen molar-refractivity contribution in [3.63, 3.8) is 0 Å². The maximum absolute atomic E-state index is 12.4. The highest BCUT2D eigenvalue weighted by atomic mass is 79.9. The van der Waals surface area contributed by atoms with Gasteiger partial charge in [-0.2, -0.15) is 0 Å². The van der Waals surface area contributed by atoms with E-state index in [1.807, 2.05) is 25.1 Å². The van der Waals surface area contributed by atoms with Crippen molar-refractivity contribution in [2.24, 2.45) is 0 Å². The molecule has 1 aromatic carbocycles. The molecule has 1 aliphatic heterocycles. The summed E-state index contributed by atoms with van der Waals surface area (Å²) in [5.74, 6) is 0.000875. The maximum atomic E-state index is 12.4. The third-order valence-corrected chi connectivity index (χ3v) is 5.94. The minimum Gasteiger partial charge on any atom is -0.318 e. The molecule has 0 N–H and O–H groups in total. The van der Waals surface area contributed by atoms with Crippen LogP contribution in [0.4, 0.5) is 0 Å². The van der Waals surface area contributed by atoms with Crippen LogP contribution in [-0.4, -0.2) is 26.2 Å². The van der Waals surface area contributed by atoms with Gasteiger partial charge in [-0.05, 0) is 62.7 Å². The predicted molar refractivity (Wildman–Crippen MR) is 108 cm³/mol. The highest BCUT2D eigenvalue weighted by Crippen LogP contribution is 2.33. The minimum atomic E-state index is 0.000875. The van der Waals surface area contributed by atoms with Gasteiger partial charge in [-0.3, -0.25) is 9.69 Å². The number of rotatable bonds is 3. The average molecular weight is 421 g/mol.